The van der Waals surface area contributed by atoms with Gasteiger partial charge in [0.2, 0.25) is 11.8 Å². The molecule has 1 aromatic rings. The molecule has 0 aromatic heterocycles. The van der Waals surface area contributed by atoms with Crippen molar-refractivity contribution < 1.29 is 9.59 Å². The molecule has 0 aliphatic carbocycles. The summed E-state index contributed by atoms with van der Waals surface area (Å²) in [5, 5.41) is 0. The summed E-state index contributed by atoms with van der Waals surface area (Å²) in [6.07, 6.45) is 2.76. The Morgan fingerprint density at radius 1 is 1.10 bits per heavy atom. The minimum absolute atomic E-state index is 0.0993. The molecule has 2 aliphatic rings. The van der Waals surface area contributed by atoms with E-state index in [1.807, 2.05) is 6.92 Å². The van der Waals surface area contributed by atoms with Gasteiger partial charge in [-0.05, 0) is 37.3 Å². The van der Waals surface area contributed by atoms with E-state index in [-0.39, 0.29) is 23.9 Å². The SMILES string of the molecule is CCc1ccc(CN2C(=O)C3CCCN3C(=O)C2C)cc1. The molecule has 2 heterocycles. The highest BCUT2D eigenvalue weighted by Gasteiger charge is 2.45. The molecule has 2 atom stereocenters. The molecule has 2 amide bonds. The maximum atomic E-state index is 12.6. The fourth-order valence-electron chi connectivity index (χ4n) is 3.33. The van der Waals surface area contributed by atoms with Gasteiger partial charge in [0.1, 0.15) is 12.1 Å². The first-order valence-electron chi connectivity index (χ1n) is 7.80. The van der Waals surface area contributed by atoms with Gasteiger partial charge >= 0.3 is 0 Å². The molecule has 3 rings (SSSR count). The highest BCUT2D eigenvalue weighted by molar-refractivity contribution is 5.97. The molecule has 0 N–H and O–H groups in total. The summed E-state index contributed by atoms with van der Waals surface area (Å²) in [6.45, 7) is 5.23. The summed E-state index contributed by atoms with van der Waals surface area (Å²) in [5.41, 5.74) is 2.38. The molecule has 2 aliphatic heterocycles. The van der Waals surface area contributed by atoms with E-state index in [9.17, 15) is 9.59 Å². The Balaban J connectivity index is 1.79. The number of aryl methyl sites for hydroxylation is 1. The second-order valence-electron chi connectivity index (χ2n) is 6.00. The Morgan fingerprint density at radius 2 is 1.76 bits per heavy atom. The van der Waals surface area contributed by atoms with Crippen molar-refractivity contribution >= 4 is 11.8 Å². The molecule has 2 saturated heterocycles. The number of rotatable bonds is 3. The van der Waals surface area contributed by atoms with Crippen molar-refractivity contribution in [1.82, 2.24) is 9.80 Å². The smallest absolute Gasteiger partial charge is 0.246 e. The van der Waals surface area contributed by atoms with Gasteiger partial charge in [0.15, 0.2) is 0 Å². The third-order valence-corrected chi connectivity index (χ3v) is 4.71. The van der Waals surface area contributed by atoms with Gasteiger partial charge in [0, 0.05) is 13.1 Å². The lowest BCUT2D eigenvalue weighted by molar-refractivity contribution is -0.159. The van der Waals surface area contributed by atoms with Gasteiger partial charge < -0.3 is 9.80 Å². The summed E-state index contributed by atoms with van der Waals surface area (Å²) in [4.78, 5) is 28.5. The van der Waals surface area contributed by atoms with Crippen LogP contribution in [0.4, 0.5) is 0 Å². The van der Waals surface area contributed by atoms with E-state index in [1.54, 1.807) is 9.80 Å². The fourth-order valence-corrected chi connectivity index (χ4v) is 3.33. The number of hydrogen-bond donors (Lipinski definition) is 0. The Bertz CT molecular complexity index is 552. The monoisotopic (exact) mass is 286 g/mol. The summed E-state index contributed by atoms with van der Waals surface area (Å²) in [7, 11) is 0. The largest absolute Gasteiger partial charge is 0.329 e. The van der Waals surface area contributed by atoms with Crippen molar-refractivity contribution in [3.63, 3.8) is 0 Å². The first-order chi connectivity index (χ1) is 10.1. The first kappa shape index (κ1) is 14.1. The molecule has 2 fully saturated rings. The molecular weight excluding hydrogens is 264 g/mol. The van der Waals surface area contributed by atoms with Gasteiger partial charge in [0.25, 0.3) is 0 Å². The number of fused-ring (bicyclic) bond motifs is 1. The predicted molar refractivity (Wildman–Crippen MR) is 80.6 cm³/mol. The zero-order valence-corrected chi connectivity index (χ0v) is 12.7. The van der Waals surface area contributed by atoms with Crippen LogP contribution in [0.1, 0.15) is 37.8 Å². The van der Waals surface area contributed by atoms with Crippen LogP contribution in [-0.4, -0.2) is 40.2 Å². The number of hydrogen-bond acceptors (Lipinski definition) is 2. The summed E-state index contributed by atoms with van der Waals surface area (Å²) in [6, 6.07) is 7.74. The lowest BCUT2D eigenvalue weighted by atomic mass is 10.0. The van der Waals surface area contributed by atoms with Crippen molar-refractivity contribution in [2.75, 3.05) is 6.54 Å². The molecule has 112 valence electrons. The number of carbonyl (C=O) groups is 2. The van der Waals surface area contributed by atoms with Gasteiger partial charge in [0.05, 0.1) is 0 Å². The normalized spacial score (nSPS) is 25.4. The van der Waals surface area contributed by atoms with Crippen LogP contribution in [-0.2, 0) is 22.6 Å². The van der Waals surface area contributed by atoms with Crippen molar-refractivity contribution in [3.8, 4) is 0 Å². The molecule has 0 bridgehead atoms. The van der Waals surface area contributed by atoms with Crippen molar-refractivity contribution in [2.24, 2.45) is 0 Å². The van der Waals surface area contributed by atoms with E-state index in [0.29, 0.717) is 6.54 Å². The van der Waals surface area contributed by atoms with Gasteiger partial charge in [-0.1, -0.05) is 31.2 Å². The zero-order valence-electron chi connectivity index (χ0n) is 12.7. The van der Waals surface area contributed by atoms with Crippen molar-refractivity contribution in [3.05, 3.63) is 35.4 Å². The predicted octanol–water partition coefficient (Wildman–Crippen LogP) is 1.97. The lowest BCUT2D eigenvalue weighted by Gasteiger charge is -2.41. The second kappa shape index (κ2) is 5.51. The van der Waals surface area contributed by atoms with Crippen LogP contribution in [0.15, 0.2) is 24.3 Å². The zero-order chi connectivity index (χ0) is 15.0. The maximum absolute atomic E-state index is 12.6. The third kappa shape index (κ3) is 2.43. The maximum Gasteiger partial charge on any atom is 0.246 e. The van der Waals surface area contributed by atoms with Gasteiger partial charge in [-0.2, -0.15) is 0 Å². The van der Waals surface area contributed by atoms with Crippen molar-refractivity contribution in [2.45, 2.75) is 51.7 Å². The quantitative estimate of drug-likeness (QED) is 0.852. The highest BCUT2D eigenvalue weighted by Crippen LogP contribution is 2.27. The van der Waals surface area contributed by atoms with Crippen LogP contribution in [0.2, 0.25) is 0 Å². The molecule has 21 heavy (non-hydrogen) atoms. The standard InChI is InChI=1S/C17H22N2O2/c1-3-13-6-8-14(9-7-13)11-19-12(2)16(20)18-10-4-5-15(18)17(19)21/h6-9,12,15H,3-5,10-11H2,1-2H3. The van der Waals surface area contributed by atoms with E-state index >= 15 is 0 Å². The number of amides is 2. The Kier molecular flexibility index (Phi) is 3.70. The topological polar surface area (TPSA) is 40.6 Å². The molecule has 4 nitrogen and oxygen atoms in total. The molecule has 1 aromatic carbocycles. The summed E-state index contributed by atoms with van der Waals surface area (Å²) < 4.78 is 0. The minimum atomic E-state index is -0.349. The lowest BCUT2D eigenvalue weighted by Crippen LogP contribution is -2.61. The van der Waals surface area contributed by atoms with Crippen LogP contribution in [0, 0.1) is 0 Å². The highest BCUT2D eigenvalue weighted by atomic mass is 16.2. The van der Waals surface area contributed by atoms with Crippen LogP contribution in [0.5, 0.6) is 0 Å². The number of carbonyl (C=O) groups excluding carboxylic acids is 2. The van der Waals surface area contributed by atoms with Crippen LogP contribution >= 0.6 is 0 Å². The molecule has 0 radical (unpaired) electrons. The van der Waals surface area contributed by atoms with E-state index in [2.05, 4.69) is 31.2 Å². The Labute approximate surface area is 125 Å². The average molecular weight is 286 g/mol. The fraction of sp³-hybridized carbons (Fsp3) is 0.529. The van der Waals surface area contributed by atoms with Crippen LogP contribution in [0.3, 0.4) is 0 Å². The molecular formula is C17H22N2O2. The third-order valence-electron chi connectivity index (χ3n) is 4.71. The number of piperazine rings is 1. The van der Waals surface area contributed by atoms with E-state index < -0.39 is 0 Å². The second-order valence-corrected chi connectivity index (χ2v) is 6.00. The summed E-state index contributed by atoms with van der Waals surface area (Å²) >= 11 is 0. The van der Waals surface area contributed by atoms with E-state index in [1.165, 1.54) is 5.56 Å². The Morgan fingerprint density at radius 3 is 2.43 bits per heavy atom. The molecule has 0 spiro atoms. The molecule has 2 unspecified atom stereocenters. The molecule has 0 saturated carbocycles. The number of nitrogens with zero attached hydrogens (tertiary/aromatic N) is 2. The van der Waals surface area contributed by atoms with Crippen LogP contribution < -0.4 is 0 Å². The number of benzene rings is 1. The average Bonchev–Trinajstić information content (AvgIpc) is 3.00. The van der Waals surface area contributed by atoms with E-state index in [4.69, 9.17) is 0 Å². The van der Waals surface area contributed by atoms with Crippen LogP contribution in [0.25, 0.3) is 0 Å². The summed E-state index contributed by atoms with van der Waals surface area (Å²) in [5.74, 6) is 0.210. The first-order valence-corrected chi connectivity index (χ1v) is 7.80. The van der Waals surface area contributed by atoms with Crippen molar-refractivity contribution in [1.29, 1.82) is 0 Å². The van der Waals surface area contributed by atoms with E-state index in [0.717, 1.165) is 31.4 Å². The van der Waals surface area contributed by atoms with Gasteiger partial charge in [-0.25, -0.2) is 0 Å². The molecule has 4 heteroatoms. The Hall–Kier alpha value is -1.84. The van der Waals surface area contributed by atoms with Gasteiger partial charge in [-0.15, -0.1) is 0 Å². The van der Waals surface area contributed by atoms with Gasteiger partial charge in [-0.3, -0.25) is 9.59 Å². The minimum Gasteiger partial charge on any atom is -0.329 e.